The van der Waals surface area contributed by atoms with Crippen molar-refractivity contribution in [2.24, 2.45) is 5.10 Å². The summed E-state index contributed by atoms with van der Waals surface area (Å²) in [6.45, 7) is 0.139. The summed E-state index contributed by atoms with van der Waals surface area (Å²) in [5, 5.41) is 3.97. The highest BCUT2D eigenvalue weighted by Gasteiger charge is 2.09. The molecule has 154 valence electrons. The molecule has 1 amide bonds. The van der Waals surface area contributed by atoms with Gasteiger partial charge in [0.05, 0.1) is 20.4 Å². The number of hydrazone groups is 1. The molecule has 0 saturated carbocycles. The zero-order valence-corrected chi connectivity index (χ0v) is 16.6. The molecule has 0 aromatic heterocycles. The van der Waals surface area contributed by atoms with Gasteiger partial charge in [0.25, 0.3) is 5.91 Å². The maximum absolute atomic E-state index is 13.6. The lowest BCUT2D eigenvalue weighted by Crippen LogP contribution is -2.17. The second-order valence-corrected chi connectivity index (χ2v) is 6.25. The maximum Gasteiger partial charge on any atom is 0.271 e. The number of hydrogen-bond donors (Lipinski definition) is 1. The number of methoxy groups -OCH3 is 2. The number of hydrogen-bond acceptors (Lipinski definition) is 5. The van der Waals surface area contributed by atoms with Crippen LogP contribution in [0.3, 0.4) is 0 Å². The fraction of sp³-hybridized carbons (Fsp3) is 0.130. The Morgan fingerprint density at radius 1 is 0.967 bits per heavy atom. The summed E-state index contributed by atoms with van der Waals surface area (Å²) in [7, 11) is 3.02. The van der Waals surface area contributed by atoms with Crippen molar-refractivity contribution in [3.8, 4) is 17.2 Å². The van der Waals surface area contributed by atoms with Crippen LogP contribution < -0.4 is 19.6 Å². The molecule has 0 spiro atoms. The van der Waals surface area contributed by atoms with Gasteiger partial charge in [0.15, 0.2) is 0 Å². The van der Waals surface area contributed by atoms with Gasteiger partial charge >= 0.3 is 0 Å². The van der Waals surface area contributed by atoms with Crippen LogP contribution in [0.15, 0.2) is 71.8 Å². The summed E-state index contributed by atoms with van der Waals surface area (Å²) < 4.78 is 29.5. The minimum absolute atomic E-state index is 0.139. The molecule has 0 fully saturated rings. The van der Waals surface area contributed by atoms with Gasteiger partial charge in [-0.3, -0.25) is 4.79 Å². The third-order valence-corrected chi connectivity index (χ3v) is 4.23. The number of ether oxygens (including phenoxy) is 3. The second kappa shape index (κ2) is 10.1. The fourth-order valence-corrected chi connectivity index (χ4v) is 2.60. The average molecular weight is 408 g/mol. The van der Waals surface area contributed by atoms with E-state index in [1.165, 1.54) is 26.5 Å². The van der Waals surface area contributed by atoms with Gasteiger partial charge in [-0.15, -0.1) is 0 Å². The van der Waals surface area contributed by atoms with Crippen molar-refractivity contribution in [1.82, 2.24) is 5.43 Å². The number of nitrogens with one attached hydrogen (secondary N) is 1. The molecule has 0 atom stereocenters. The minimum atomic E-state index is -0.395. The Hall–Kier alpha value is -3.87. The molecule has 3 aromatic rings. The van der Waals surface area contributed by atoms with E-state index in [0.29, 0.717) is 28.4 Å². The van der Waals surface area contributed by atoms with Crippen LogP contribution in [-0.2, 0) is 6.61 Å². The van der Waals surface area contributed by atoms with E-state index in [0.717, 1.165) is 5.56 Å². The number of nitrogens with zero attached hydrogens (tertiary/aromatic N) is 1. The third-order valence-electron chi connectivity index (χ3n) is 4.23. The first-order valence-corrected chi connectivity index (χ1v) is 9.12. The summed E-state index contributed by atoms with van der Waals surface area (Å²) >= 11 is 0. The molecule has 0 saturated heterocycles. The van der Waals surface area contributed by atoms with E-state index in [1.54, 1.807) is 60.7 Å². The smallest absolute Gasteiger partial charge is 0.271 e. The molecule has 0 unspecified atom stereocenters. The number of rotatable bonds is 8. The molecule has 3 rings (SSSR count). The van der Waals surface area contributed by atoms with Gasteiger partial charge in [-0.05, 0) is 48.0 Å². The quantitative estimate of drug-likeness (QED) is 0.448. The van der Waals surface area contributed by atoms with E-state index in [-0.39, 0.29) is 12.4 Å². The molecule has 0 radical (unpaired) electrons. The first-order valence-electron chi connectivity index (χ1n) is 9.12. The SMILES string of the molecule is COc1cc(OC)cc(C(=O)NN=Cc2ccc(OCc3ccccc3F)cc2)c1. The third kappa shape index (κ3) is 5.57. The first kappa shape index (κ1) is 20.9. The predicted molar refractivity (Wildman–Crippen MR) is 112 cm³/mol. The monoisotopic (exact) mass is 408 g/mol. The Kier molecular flexibility index (Phi) is 7.00. The highest BCUT2D eigenvalue weighted by molar-refractivity contribution is 5.95. The van der Waals surface area contributed by atoms with Crippen molar-refractivity contribution >= 4 is 12.1 Å². The van der Waals surface area contributed by atoms with Gasteiger partial charge in [0.1, 0.15) is 29.7 Å². The lowest BCUT2D eigenvalue weighted by molar-refractivity contribution is 0.0954. The Labute approximate surface area is 173 Å². The molecule has 0 heterocycles. The number of benzene rings is 3. The average Bonchev–Trinajstić information content (AvgIpc) is 2.79. The summed E-state index contributed by atoms with van der Waals surface area (Å²) in [6.07, 6.45) is 1.51. The van der Waals surface area contributed by atoms with Crippen molar-refractivity contribution in [2.45, 2.75) is 6.61 Å². The van der Waals surface area contributed by atoms with Crippen molar-refractivity contribution in [3.05, 3.63) is 89.2 Å². The highest BCUT2D eigenvalue weighted by atomic mass is 19.1. The number of amides is 1. The normalized spacial score (nSPS) is 10.6. The van der Waals surface area contributed by atoms with Crippen LogP contribution in [0.4, 0.5) is 4.39 Å². The van der Waals surface area contributed by atoms with Crippen molar-refractivity contribution < 1.29 is 23.4 Å². The van der Waals surface area contributed by atoms with Crippen LogP contribution in [0.25, 0.3) is 0 Å². The van der Waals surface area contributed by atoms with Crippen LogP contribution in [0.5, 0.6) is 17.2 Å². The van der Waals surface area contributed by atoms with E-state index in [4.69, 9.17) is 14.2 Å². The van der Waals surface area contributed by atoms with Crippen LogP contribution in [0.2, 0.25) is 0 Å². The number of carbonyl (C=O) groups excluding carboxylic acids is 1. The zero-order valence-electron chi connectivity index (χ0n) is 16.6. The molecule has 6 nitrogen and oxygen atoms in total. The first-order chi connectivity index (χ1) is 14.6. The largest absolute Gasteiger partial charge is 0.497 e. The molecule has 30 heavy (non-hydrogen) atoms. The maximum atomic E-state index is 13.6. The van der Waals surface area contributed by atoms with Crippen LogP contribution in [0.1, 0.15) is 21.5 Å². The van der Waals surface area contributed by atoms with Gasteiger partial charge in [-0.1, -0.05) is 18.2 Å². The molecule has 0 aliphatic heterocycles. The fourth-order valence-electron chi connectivity index (χ4n) is 2.60. The molecular formula is C23H21FN2O4. The standard InChI is InChI=1S/C23H21FN2O4/c1-28-20-11-18(12-21(13-20)29-2)23(27)26-25-14-16-7-9-19(10-8-16)30-15-17-5-3-4-6-22(17)24/h3-14H,15H2,1-2H3,(H,26,27). The summed E-state index contributed by atoms with van der Waals surface area (Å²) in [4.78, 5) is 12.3. The van der Waals surface area contributed by atoms with E-state index >= 15 is 0 Å². The van der Waals surface area contributed by atoms with E-state index in [1.807, 2.05) is 0 Å². The lowest BCUT2D eigenvalue weighted by atomic mass is 10.2. The van der Waals surface area contributed by atoms with Crippen LogP contribution >= 0.6 is 0 Å². The van der Waals surface area contributed by atoms with Crippen molar-refractivity contribution in [1.29, 1.82) is 0 Å². The molecule has 0 aliphatic carbocycles. The Morgan fingerprint density at radius 2 is 1.63 bits per heavy atom. The van der Waals surface area contributed by atoms with Crippen LogP contribution in [-0.4, -0.2) is 26.3 Å². The number of carbonyl (C=O) groups is 1. The molecular weight excluding hydrogens is 387 g/mol. The van der Waals surface area contributed by atoms with Gasteiger partial charge in [-0.25, -0.2) is 9.82 Å². The van der Waals surface area contributed by atoms with Gasteiger partial charge < -0.3 is 14.2 Å². The van der Waals surface area contributed by atoms with E-state index in [2.05, 4.69) is 10.5 Å². The highest BCUT2D eigenvalue weighted by Crippen LogP contribution is 2.22. The Balaban J connectivity index is 1.56. The van der Waals surface area contributed by atoms with Crippen molar-refractivity contribution in [2.75, 3.05) is 14.2 Å². The van der Waals surface area contributed by atoms with Gasteiger partial charge in [0, 0.05) is 17.2 Å². The van der Waals surface area contributed by atoms with E-state index < -0.39 is 5.91 Å². The summed E-state index contributed by atoms with van der Waals surface area (Å²) in [6, 6.07) is 18.4. The van der Waals surface area contributed by atoms with Crippen LogP contribution in [0, 0.1) is 5.82 Å². The zero-order chi connectivity index (χ0) is 21.3. The molecule has 0 aliphatic rings. The topological polar surface area (TPSA) is 69.2 Å². The molecule has 7 heteroatoms. The Bertz CT molecular complexity index is 1010. The lowest BCUT2D eigenvalue weighted by Gasteiger charge is -2.08. The van der Waals surface area contributed by atoms with E-state index in [9.17, 15) is 9.18 Å². The Morgan fingerprint density at radius 3 is 2.27 bits per heavy atom. The van der Waals surface area contributed by atoms with Gasteiger partial charge in [-0.2, -0.15) is 5.10 Å². The molecule has 0 bridgehead atoms. The van der Waals surface area contributed by atoms with Crippen molar-refractivity contribution in [3.63, 3.8) is 0 Å². The predicted octanol–water partition coefficient (Wildman–Crippen LogP) is 4.19. The molecule has 3 aromatic carbocycles. The summed E-state index contributed by atoms with van der Waals surface area (Å²) in [5.41, 5.74) is 4.07. The van der Waals surface area contributed by atoms with Gasteiger partial charge in [0.2, 0.25) is 0 Å². The second-order valence-electron chi connectivity index (χ2n) is 6.25. The minimum Gasteiger partial charge on any atom is -0.497 e. The number of halogens is 1. The molecule has 1 N–H and O–H groups in total. The summed E-state index contributed by atoms with van der Waals surface area (Å²) in [5.74, 6) is 0.922.